The van der Waals surface area contributed by atoms with Gasteiger partial charge in [-0.1, -0.05) is 0 Å². The maximum Gasteiger partial charge on any atom is 0.232 e. The molecule has 0 bridgehead atoms. The Morgan fingerprint density at radius 1 is 1.50 bits per heavy atom. The van der Waals surface area contributed by atoms with Crippen molar-refractivity contribution in [3.8, 4) is 0 Å². The summed E-state index contributed by atoms with van der Waals surface area (Å²) in [7, 11) is 1.89. The molecule has 1 aliphatic rings. The topological polar surface area (TPSA) is 45.2 Å². The van der Waals surface area contributed by atoms with Crippen molar-refractivity contribution in [2.45, 2.75) is 18.6 Å². The summed E-state index contributed by atoms with van der Waals surface area (Å²) < 4.78 is 0. The van der Waals surface area contributed by atoms with E-state index in [0.717, 1.165) is 43.1 Å². The van der Waals surface area contributed by atoms with Crippen LogP contribution in [0.25, 0.3) is 0 Å². The first-order chi connectivity index (χ1) is 8.79. The minimum atomic E-state index is 0.266. The number of amides is 1. The van der Waals surface area contributed by atoms with Gasteiger partial charge in [-0.2, -0.15) is 0 Å². The summed E-state index contributed by atoms with van der Waals surface area (Å²) in [4.78, 5) is 18.1. The standard InChI is InChI=1S/C13H19N3OS/c1-14-11-4-5-15-12(8-11)9-18-10-13(17)16-6-2-3-7-16/h4-5,8H,2-3,6-7,9-10H2,1H3,(H,14,15). The SMILES string of the molecule is CNc1ccnc(CSCC(=O)N2CCCC2)c1. The minimum absolute atomic E-state index is 0.266. The van der Waals surface area contributed by atoms with E-state index in [0.29, 0.717) is 5.75 Å². The number of pyridine rings is 1. The van der Waals surface area contributed by atoms with Gasteiger partial charge in [0.15, 0.2) is 0 Å². The van der Waals surface area contributed by atoms with Gasteiger partial charge >= 0.3 is 0 Å². The van der Waals surface area contributed by atoms with E-state index < -0.39 is 0 Å². The van der Waals surface area contributed by atoms with Gasteiger partial charge in [0, 0.05) is 37.8 Å². The van der Waals surface area contributed by atoms with Crippen molar-refractivity contribution < 1.29 is 4.79 Å². The highest BCUT2D eigenvalue weighted by atomic mass is 32.2. The molecule has 1 aliphatic heterocycles. The smallest absolute Gasteiger partial charge is 0.232 e. The molecule has 18 heavy (non-hydrogen) atoms. The van der Waals surface area contributed by atoms with E-state index >= 15 is 0 Å². The third-order valence-electron chi connectivity index (χ3n) is 3.04. The molecule has 1 fully saturated rings. The van der Waals surface area contributed by atoms with Crippen LogP contribution in [0.3, 0.4) is 0 Å². The van der Waals surface area contributed by atoms with E-state index in [1.54, 1.807) is 18.0 Å². The quantitative estimate of drug-likeness (QED) is 0.884. The average Bonchev–Trinajstić information content (AvgIpc) is 2.93. The number of nitrogens with one attached hydrogen (secondary N) is 1. The van der Waals surface area contributed by atoms with Crippen LogP contribution in [0.5, 0.6) is 0 Å². The molecule has 2 rings (SSSR count). The van der Waals surface area contributed by atoms with Crippen molar-refractivity contribution in [3.63, 3.8) is 0 Å². The first kappa shape index (κ1) is 13.2. The molecule has 0 radical (unpaired) electrons. The molecule has 1 amide bonds. The van der Waals surface area contributed by atoms with Crippen LogP contribution in [-0.4, -0.2) is 41.7 Å². The molecule has 1 saturated heterocycles. The zero-order valence-corrected chi connectivity index (χ0v) is 11.5. The summed E-state index contributed by atoms with van der Waals surface area (Å²) in [5.41, 5.74) is 2.08. The predicted molar refractivity (Wildman–Crippen MR) is 75.8 cm³/mol. The van der Waals surface area contributed by atoms with Crippen molar-refractivity contribution in [1.82, 2.24) is 9.88 Å². The fourth-order valence-corrected chi connectivity index (χ4v) is 2.84. The maximum absolute atomic E-state index is 11.8. The number of anilines is 1. The Bertz CT molecular complexity index is 405. The molecular formula is C13H19N3OS. The van der Waals surface area contributed by atoms with Crippen LogP contribution < -0.4 is 5.32 Å². The van der Waals surface area contributed by atoms with Crippen LogP contribution in [0.1, 0.15) is 18.5 Å². The Hall–Kier alpha value is -1.23. The van der Waals surface area contributed by atoms with E-state index in [2.05, 4.69) is 10.3 Å². The Morgan fingerprint density at radius 2 is 2.28 bits per heavy atom. The lowest BCUT2D eigenvalue weighted by Crippen LogP contribution is -2.29. The number of aromatic nitrogens is 1. The Balaban J connectivity index is 1.75. The lowest BCUT2D eigenvalue weighted by Gasteiger charge is -2.14. The molecule has 1 aromatic heterocycles. The second kappa shape index (κ2) is 6.64. The molecular weight excluding hydrogens is 246 g/mol. The van der Waals surface area contributed by atoms with Crippen LogP contribution in [-0.2, 0) is 10.5 Å². The third-order valence-corrected chi connectivity index (χ3v) is 3.99. The van der Waals surface area contributed by atoms with Gasteiger partial charge < -0.3 is 10.2 Å². The Morgan fingerprint density at radius 3 is 3.00 bits per heavy atom. The van der Waals surface area contributed by atoms with Crippen molar-refractivity contribution in [2.24, 2.45) is 0 Å². The number of rotatable bonds is 5. The highest BCUT2D eigenvalue weighted by molar-refractivity contribution is 7.99. The van der Waals surface area contributed by atoms with E-state index in [1.165, 1.54) is 0 Å². The van der Waals surface area contributed by atoms with Crippen LogP contribution >= 0.6 is 11.8 Å². The largest absolute Gasteiger partial charge is 0.388 e. The van der Waals surface area contributed by atoms with Gasteiger partial charge in [0.05, 0.1) is 11.4 Å². The monoisotopic (exact) mass is 265 g/mol. The van der Waals surface area contributed by atoms with E-state index in [-0.39, 0.29) is 5.91 Å². The zero-order valence-electron chi connectivity index (χ0n) is 10.7. The third kappa shape index (κ3) is 3.63. The second-order valence-corrected chi connectivity index (χ2v) is 5.35. The molecule has 4 nitrogen and oxygen atoms in total. The van der Waals surface area contributed by atoms with Crippen molar-refractivity contribution >= 4 is 23.4 Å². The highest BCUT2D eigenvalue weighted by Crippen LogP contribution is 2.16. The summed E-state index contributed by atoms with van der Waals surface area (Å²) in [6.07, 6.45) is 4.11. The van der Waals surface area contributed by atoms with Gasteiger partial charge in [-0.05, 0) is 25.0 Å². The minimum Gasteiger partial charge on any atom is -0.388 e. The average molecular weight is 265 g/mol. The number of carbonyl (C=O) groups excluding carboxylic acids is 1. The molecule has 5 heteroatoms. The lowest BCUT2D eigenvalue weighted by molar-refractivity contribution is -0.127. The number of thioether (sulfide) groups is 1. The summed E-state index contributed by atoms with van der Waals surface area (Å²) in [5, 5.41) is 3.09. The van der Waals surface area contributed by atoms with Gasteiger partial charge in [-0.15, -0.1) is 11.8 Å². The molecule has 0 aliphatic carbocycles. The van der Waals surface area contributed by atoms with E-state index in [9.17, 15) is 4.79 Å². The maximum atomic E-state index is 11.8. The molecule has 2 heterocycles. The lowest BCUT2D eigenvalue weighted by atomic mass is 10.3. The number of carbonyl (C=O) groups is 1. The van der Waals surface area contributed by atoms with Gasteiger partial charge in [-0.25, -0.2) is 0 Å². The molecule has 1 N–H and O–H groups in total. The molecule has 0 atom stereocenters. The van der Waals surface area contributed by atoms with Crippen molar-refractivity contribution in [3.05, 3.63) is 24.0 Å². The van der Waals surface area contributed by atoms with E-state index in [1.807, 2.05) is 24.1 Å². The second-order valence-electron chi connectivity index (χ2n) is 4.37. The van der Waals surface area contributed by atoms with Crippen LogP contribution in [0.2, 0.25) is 0 Å². The Kier molecular flexibility index (Phi) is 4.87. The number of hydrogen-bond acceptors (Lipinski definition) is 4. The van der Waals surface area contributed by atoms with Crippen molar-refractivity contribution in [1.29, 1.82) is 0 Å². The summed E-state index contributed by atoms with van der Waals surface area (Å²) in [6, 6.07) is 3.96. The summed E-state index contributed by atoms with van der Waals surface area (Å²) in [6.45, 7) is 1.87. The first-order valence-electron chi connectivity index (χ1n) is 6.28. The fourth-order valence-electron chi connectivity index (χ4n) is 2.01. The highest BCUT2D eigenvalue weighted by Gasteiger charge is 2.17. The van der Waals surface area contributed by atoms with Crippen LogP contribution in [0.4, 0.5) is 5.69 Å². The molecule has 98 valence electrons. The first-order valence-corrected chi connectivity index (χ1v) is 7.43. The zero-order chi connectivity index (χ0) is 12.8. The van der Waals surface area contributed by atoms with Crippen LogP contribution in [0.15, 0.2) is 18.3 Å². The molecule has 0 aromatic carbocycles. The van der Waals surface area contributed by atoms with Gasteiger partial charge in [0.2, 0.25) is 5.91 Å². The van der Waals surface area contributed by atoms with Crippen molar-refractivity contribution in [2.75, 3.05) is 31.2 Å². The normalized spacial score (nSPS) is 14.8. The fraction of sp³-hybridized carbons (Fsp3) is 0.538. The number of likely N-dealkylation sites (tertiary alicyclic amines) is 1. The van der Waals surface area contributed by atoms with E-state index in [4.69, 9.17) is 0 Å². The molecule has 0 saturated carbocycles. The summed E-state index contributed by atoms with van der Waals surface area (Å²) in [5.74, 6) is 1.61. The predicted octanol–water partition coefficient (Wildman–Crippen LogP) is 1.98. The van der Waals surface area contributed by atoms with Gasteiger partial charge in [0.25, 0.3) is 0 Å². The van der Waals surface area contributed by atoms with Gasteiger partial charge in [-0.3, -0.25) is 9.78 Å². The van der Waals surface area contributed by atoms with Crippen LogP contribution in [0, 0.1) is 0 Å². The molecule has 0 spiro atoms. The Labute approximate surface area is 112 Å². The van der Waals surface area contributed by atoms with Gasteiger partial charge in [0.1, 0.15) is 0 Å². The number of nitrogens with zero attached hydrogens (tertiary/aromatic N) is 2. The number of hydrogen-bond donors (Lipinski definition) is 1. The summed E-state index contributed by atoms with van der Waals surface area (Å²) >= 11 is 1.64. The molecule has 0 unspecified atom stereocenters. The molecule has 1 aromatic rings.